The topological polar surface area (TPSA) is 58.2 Å². The third-order valence-electron chi connectivity index (χ3n) is 5.19. The van der Waals surface area contributed by atoms with Gasteiger partial charge in [0.2, 0.25) is 0 Å². The number of methoxy groups -OCH3 is 1. The van der Waals surface area contributed by atoms with Crippen molar-refractivity contribution in [2.45, 2.75) is 19.4 Å². The summed E-state index contributed by atoms with van der Waals surface area (Å²) < 4.78 is 5.18. The summed E-state index contributed by atoms with van der Waals surface area (Å²) in [6, 6.07) is 13.2. The van der Waals surface area contributed by atoms with Crippen molar-refractivity contribution in [2.24, 2.45) is 0 Å². The van der Waals surface area contributed by atoms with Gasteiger partial charge in [0.05, 0.1) is 11.7 Å². The summed E-state index contributed by atoms with van der Waals surface area (Å²) in [7, 11) is 1.65. The first-order chi connectivity index (χ1) is 14.0. The molecule has 1 amide bonds. The van der Waals surface area contributed by atoms with Gasteiger partial charge in [-0.05, 0) is 31.0 Å². The Hall–Kier alpha value is -2.34. The molecule has 5 nitrogen and oxygen atoms in total. The standard InChI is InChI=1S/C22H21Cl2N3O2/c1-13-4-6-14(7-5-13)19-18-20(26-25-19)22(28)27(10-3-11-29-2)21(18)16-9-8-15(23)12-17(16)24/h4-9,12,21H,3,10-11H2,1-2H3,(H,25,26). The Morgan fingerprint density at radius 2 is 1.93 bits per heavy atom. The molecular weight excluding hydrogens is 409 g/mol. The van der Waals surface area contributed by atoms with Crippen LogP contribution in [0.5, 0.6) is 0 Å². The minimum atomic E-state index is -0.339. The van der Waals surface area contributed by atoms with Gasteiger partial charge in [-0.3, -0.25) is 9.89 Å². The van der Waals surface area contributed by atoms with E-state index in [1.165, 1.54) is 0 Å². The van der Waals surface area contributed by atoms with Crippen molar-refractivity contribution in [3.05, 3.63) is 74.9 Å². The Bertz CT molecular complexity index is 1050. The van der Waals surface area contributed by atoms with Crippen LogP contribution in [-0.4, -0.2) is 41.3 Å². The van der Waals surface area contributed by atoms with Gasteiger partial charge in [0.25, 0.3) is 5.91 Å². The minimum Gasteiger partial charge on any atom is -0.385 e. The van der Waals surface area contributed by atoms with E-state index in [2.05, 4.69) is 10.2 Å². The number of nitrogens with zero attached hydrogens (tertiary/aromatic N) is 2. The molecule has 1 N–H and O–H groups in total. The Balaban J connectivity index is 1.84. The molecule has 0 saturated carbocycles. The van der Waals surface area contributed by atoms with E-state index in [4.69, 9.17) is 27.9 Å². The molecule has 0 fully saturated rings. The Morgan fingerprint density at radius 3 is 2.62 bits per heavy atom. The number of aryl methyl sites for hydroxylation is 1. The number of carbonyl (C=O) groups excluding carboxylic acids is 1. The van der Waals surface area contributed by atoms with E-state index in [0.29, 0.717) is 28.9 Å². The SMILES string of the molecule is COCCCN1C(=O)c2[nH]nc(-c3ccc(C)cc3)c2C1c1ccc(Cl)cc1Cl. The van der Waals surface area contributed by atoms with Gasteiger partial charge in [-0.1, -0.05) is 59.1 Å². The summed E-state index contributed by atoms with van der Waals surface area (Å²) in [5, 5.41) is 8.51. The van der Waals surface area contributed by atoms with Gasteiger partial charge in [0, 0.05) is 41.4 Å². The van der Waals surface area contributed by atoms with Gasteiger partial charge < -0.3 is 9.64 Å². The van der Waals surface area contributed by atoms with Gasteiger partial charge >= 0.3 is 0 Å². The maximum absolute atomic E-state index is 13.2. The lowest BCUT2D eigenvalue weighted by Gasteiger charge is -2.27. The highest BCUT2D eigenvalue weighted by molar-refractivity contribution is 6.35. The van der Waals surface area contributed by atoms with Crippen LogP contribution in [0.4, 0.5) is 0 Å². The predicted octanol–water partition coefficient (Wildman–Crippen LogP) is 5.27. The molecule has 150 valence electrons. The van der Waals surface area contributed by atoms with Crippen LogP contribution in [0.15, 0.2) is 42.5 Å². The van der Waals surface area contributed by atoms with E-state index in [1.807, 2.05) is 42.2 Å². The summed E-state index contributed by atoms with van der Waals surface area (Å²) in [4.78, 5) is 15.0. The van der Waals surface area contributed by atoms with Crippen molar-refractivity contribution < 1.29 is 9.53 Å². The summed E-state index contributed by atoms with van der Waals surface area (Å²) >= 11 is 12.7. The summed E-state index contributed by atoms with van der Waals surface area (Å²) in [6.45, 7) is 3.16. The lowest BCUT2D eigenvalue weighted by molar-refractivity contribution is 0.0723. The van der Waals surface area contributed by atoms with Crippen molar-refractivity contribution in [3.63, 3.8) is 0 Å². The number of amides is 1. The zero-order valence-corrected chi connectivity index (χ0v) is 17.7. The number of H-pyrrole nitrogens is 1. The normalized spacial score (nSPS) is 15.8. The molecule has 0 bridgehead atoms. The molecular formula is C22H21Cl2N3O2. The summed E-state index contributed by atoms with van der Waals surface area (Å²) in [5.74, 6) is -0.0852. The molecule has 1 atom stereocenters. The smallest absolute Gasteiger partial charge is 0.273 e. The van der Waals surface area contributed by atoms with Crippen molar-refractivity contribution in [1.82, 2.24) is 15.1 Å². The molecule has 2 heterocycles. The van der Waals surface area contributed by atoms with Crippen LogP contribution >= 0.6 is 23.2 Å². The first-order valence-corrected chi connectivity index (χ1v) is 10.2. The Kier molecular flexibility index (Phi) is 5.63. The fourth-order valence-corrected chi connectivity index (χ4v) is 4.30. The van der Waals surface area contributed by atoms with Crippen molar-refractivity contribution in [2.75, 3.05) is 20.3 Å². The fourth-order valence-electron chi connectivity index (χ4n) is 3.78. The second-order valence-corrected chi connectivity index (χ2v) is 7.98. The Labute approximate surface area is 179 Å². The van der Waals surface area contributed by atoms with Crippen LogP contribution in [-0.2, 0) is 4.74 Å². The van der Waals surface area contributed by atoms with E-state index < -0.39 is 0 Å². The predicted molar refractivity (Wildman–Crippen MR) is 115 cm³/mol. The molecule has 29 heavy (non-hydrogen) atoms. The number of benzene rings is 2. The van der Waals surface area contributed by atoms with Crippen LogP contribution in [0.25, 0.3) is 11.3 Å². The van der Waals surface area contributed by atoms with Crippen LogP contribution in [0, 0.1) is 6.92 Å². The van der Waals surface area contributed by atoms with Gasteiger partial charge in [-0.25, -0.2) is 0 Å². The first-order valence-electron chi connectivity index (χ1n) is 9.41. The molecule has 0 radical (unpaired) electrons. The molecule has 2 aromatic carbocycles. The number of nitrogens with one attached hydrogen (secondary N) is 1. The molecule has 1 aliphatic rings. The van der Waals surface area contributed by atoms with Gasteiger partial charge in [0.15, 0.2) is 0 Å². The number of ether oxygens (including phenoxy) is 1. The summed E-state index contributed by atoms with van der Waals surface area (Å²) in [5.41, 5.74) is 5.06. The van der Waals surface area contributed by atoms with Crippen LogP contribution < -0.4 is 0 Å². The van der Waals surface area contributed by atoms with Crippen LogP contribution in [0.2, 0.25) is 10.0 Å². The average Bonchev–Trinajstić information content (AvgIpc) is 3.23. The lowest BCUT2D eigenvalue weighted by Crippen LogP contribution is -2.31. The number of aromatic amines is 1. The molecule has 0 saturated heterocycles. The highest BCUT2D eigenvalue weighted by Gasteiger charge is 2.42. The third-order valence-corrected chi connectivity index (χ3v) is 5.76. The van der Waals surface area contributed by atoms with Crippen molar-refractivity contribution in [1.29, 1.82) is 0 Å². The molecule has 1 aromatic heterocycles. The van der Waals surface area contributed by atoms with Crippen LogP contribution in [0.3, 0.4) is 0 Å². The van der Waals surface area contributed by atoms with Crippen LogP contribution in [0.1, 0.15) is 39.6 Å². The Morgan fingerprint density at radius 1 is 1.17 bits per heavy atom. The molecule has 4 rings (SSSR count). The third kappa shape index (κ3) is 3.66. The molecule has 0 aliphatic carbocycles. The second kappa shape index (κ2) is 8.19. The number of halogens is 2. The van der Waals surface area contributed by atoms with E-state index in [-0.39, 0.29) is 11.9 Å². The number of fused-ring (bicyclic) bond motifs is 1. The second-order valence-electron chi connectivity index (χ2n) is 7.14. The highest BCUT2D eigenvalue weighted by atomic mass is 35.5. The van der Waals surface area contributed by atoms with Gasteiger partial charge in [-0.2, -0.15) is 5.10 Å². The van der Waals surface area contributed by atoms with E-state index >= 15 is 0 Å². The first kappa shape index (κ1) is 20.0. The van der Waals surface area contributed by atoms with E-state index in [0.717, 1.165) is 34.4 Å². The number of hydrogen-bond donors (Lipinski definition) is 1. The van der Waals surface area contributed by atoms with Gasteiger partial charge in [-0.15, -0.1) is 0 Å². The maximum Gasteiger partial charge on any atom is 0.273 e. The minimum absolute atomic E-state index is 0.0852. The zero-order valence-electron chi connectivity index (χ0n) is 16.2. The number of rotatable bonds is 6. The molecule has 1 unspecified atom stereocenters. The largest absolute Gasteiger partial charge is 0.385 e. The van der Waals surface area contributed by atoms with Crippen molar-refractivity contribution >= 4 is 29.1 Å². The van der Waals surface area contributed by atoms with Gasteiger partial charge in [0.1, 0.15) is 5.69 Å². The average molecular weight is 430 g/mol. The molecule has 1 aliphatic heterocycles. The molecule has 3 aromatic rings. The number of hydrogen-bond acceptors (Lipinski definition) is 3. The van der Waals surface area contributed by atoms with E-state index in [1.54, 1.807) is 19.2 Å². The molecule has 0 spiro atoms. The van der Waals surface area contributed by atoms with E-state index in [9.17, 15) is 4.79 Å². The number of aromatic nitrogens is 2. The molecule has 7 heteroatoms. The fraction of sp³-hybridized carbons (Fsp3) is 0.273. The van der Waals surface area contributed by atoms with Crippen molar-refractivity contribution in [3.8, 4) is 11.3 Å². The number of carbonyl (C=O) groups is 1. The monoisotopic (exact) mass is 429 g/mol. The lowest BCUT2D eigenvalue weighted by atomic mass is 9.95. The quantitative estimate of drug-likeness (QED) is 0.542. The highest BCUT2D eigenvalue weighted by Crippen LogP contribution is 2.45. The zero-order chi connectivity index (χ0) is 20.5. The summed E-state index contributed by atoms with van der Waals surface area (Å²) in [6.07, 6.45) is 0.724. The maximum atomic E-state index is 13.2.